The van der Waals surface area contributed by atoms with E-state index in [0.717, 1.165) is 16.9 Å². The third kappa shape index (κ3) is 3.51. The SMILES string of the molecule is OC(O)c1csc(COc2ccc(-c3ccccc3)cc2)n1. The summed E-state index contributed by atoms with van der Waals surface area (Å²) in [7, 11) is 0. The van der Waals surface area contributed by atoms with Crippen LogP contribution in [0.1, 0.15) is 17.0 Å². The van der Waals surface area contributed by atoms with Gasteiger partial charge in [-0.05, 0) is 23.3 Å². The summed E-state index contributed by atoms with van der Waals surface area (Å²) in [5.41, 5.74) is 2.55. The van der Waals surface area contributed by atoms with Crippen molar-refractivity contribution in [3.63, 3.8) is 0 Å². The van der Waals surface area contributed by atoms with E-state index in [1.54, 1.807) is 5.38 Å². The molecule has 0 aliphatic heterocycles. The average Bonchev–Trinajstić information content (AvgIpc) is 3.04. The Hall–Kier alpha value is -2.21. The van der Waals surface area contributed by atoms with Crippen molar-refractivity contribution < 1.29 is 14.9 Å². The van der Waals surface area contributed by atoms with Crippen LogP contribution in [0.3, 0.4) is 0 Å². The number of hydrogen-bond donors (Lipinski definition) is 2. The summed E-state index contributed by atoms with van der Waals surface area (Å²) in [6.45, 7) is 0.308. The number of benzene rings is 2. The Labute approximate surface area is 132 Å². The van der Waals surface area contributed by atoms with Crippen molar-refractivity contribution >= 4 is 11.3 Å². The average molecular weight is 313 g/mol. The predicted molar refractivity (Wildman–Crippen MR) is 85.5 cm³/mol. The molecule has 0 aliphatic rings. The lowest BCUT2D eigenvalue weighted by molar-refractivity contribution is -0.0455. The van der Waals surface area contributed by atoms with Crippen LogP contribution in [0.4, 0.5) is 0 Å². The highest BCUT2D eigenvalue weighted by Gasteiger charge is 2.08. The lowest BCUT2D eigenvalue weighted by Gasteiger charge is -2.06. The molecule has 112 valence electrons. The highest BCUT2D eigenvalue weighted by molar-refractivity contribution is 7.09. The van der Waals surface area contributed by atoms with Crippen LogP contribution < -0.4 is 4.74 Å². The molecule has 0 bridgehead atoms. The molecule has 0 atom stereocenters. The minimum atomic E-state index is -1.53. The summed E-state index contributed by atoms with van der Waals surface area (Å²) in [4.78, 5) is 4.08. The van der Waals surface area contributed by atoms with E-state index in [9.17, 15) is 0 Å². The van der Waals surface area contributed by atoms with Crippen LogP contribution in [0.15, 0.2) is 60.0 Å². The number of rotatable bonds is 5. The van der Waals surface area contributed by atoms with E-state index in [-0.39, 0.29) is 5.69 Å². The molecule has 2 N–H and O–H groups in total. The molecule has 3 aromatic rings. The molecule has 0 spiro atoms. The van der Waals surface area contributed by atoms with E-state index < -0.39 is 6.29 Å². The third-order valence-corrected chi connectivity index (χ3v) is 4.00. The van der Waals surface area contributed by atoms with Gasteiger partial charge in [-0.2, -0.15) is 0 Å². The Balaban J connectivity index is 1.63. The highest BCUT2D eigenvalue weighted by Crippen LogP contribution is 2.23. The van der Waals surface area contributed by atoms with Crippen molar-refractivity contribution in [1.29, 1.82) is 0 Å². The third-order valence-electron chi connectivity index (χ3n) is 3.16. The maximum atomic E-state index is 9.02. The van der Waals surface area contributed by atoms with Gasteiger partial charge in [-0.25, -0.2) is 4.98 Å². The summed E-state index contributed by atoms with van der Waals surface area (Å²) >= 11 is 1.34. The van der Waals surface area contributed by atoms with E-state index in [4.69, 9.17) is 14.9 Å². The molecule has 0 saturated heterocycles. The maximum absolute atomic E-state index is 9.02. The standard InChI is InChI=1S/C17H15NO3S/c19-17(20)15-11-22-16(18-15)10-21-14-8-6-13(7-9-14)12-4-2-1-3-5-12/h1-9,11,17,19-20H,10H2. The second-order valence-electron chi connectivity index (χ2n) is 4.72. The highest BCUT2D eigenvalue weighted by atomic mass is 32.1. The molecule has 4 nitrogen and oxygen atoms in total. The first-order valence-corrected chi connectivity index (χ1v) is 7.69. The van der Waals surface area contributed by atoms with Gasteiger partial charge in [0.05, 0.1) is 0 Å². The monoisotopic (exact) mass is 313 g/mol. The molecule has 0 saturated carbocycles. The Bertz CT molecular complexity index is 723. The Kier molecular flexibility index (Phi) is 4.48. The number of aliphatic hydroxyl groups is 2. The molecule has 0 fully saturated rings. The second-order valence-corrected chi connectivity index (χ2v) is 5.66. The minimum absolute atomic E-state index is 0.253. The largest absolute Gasteiger partial charge is 0.486 e. The molecule has 1 heterocycles. The number of hydrogen-bond acceptors (Lipinski definition) is 5. The number of nitrogens with zero attached hydrogens (tertiary/aromatic N) is 1. The first-order chi connectivity index (χ1) is 10.7. The molecule has 2 aromatic carbocycles. The Morgan fingerprint density at radius 2 is 1.64 bits per heavy atom. The fourth-order valence-corrected chi connectivity index (χ4v) is 2.75. The molecule has 1 aromatic heterocycles. The first kappa shape index (κ1) is 14.7. The number of aliphatic hydroxyl groups excluding tert-OH is 1. The minimum Gasteiger partial charge on any atom is -0.486 e. The molecule has 0 unspecified atom stereocenters. The van der Waals surface area contributed by atoms with Crippen molar-refractivity contribution in [2.24, 2.45) is 0 Å². The van der Waals surface area contributed by atoms with Crippen LogP contribution in [0.5, 0.6) is 5.75 Å². The number of ether oxygens (including phenoxy) is 1. The number of thiazole rings is 1. The van der Waals surface area contributed by atoms with Gasteiger partial charge in [0, 0.05) is 5.38 Å². The van der Waals surface area contributed by atoms with Gasteiger partial charge < -0.3 is 14.9 Å². The summed E-state index contributed by atoms with van der Waals surface area (Å²) in [5.74, 6) is 0.751. The fraction of sp³-hybridized carbons (Fsp3) is 0.118. The van der Waals surface area contributed by atoms with Crippen molar-refractivity contribution in [2.45, 2.75) is 12.9 Å². The zero-order valence-electron chi connectivity index (χ0n) is 11.7. The van der Waals surface area contributed by atoms with E-state index in [1.807, 2.05) is 42.5 Å². The van der Waals surface area contributed by atoms with Crippen LogP contribution in [-0.2, 0) is 6.61 Å². The van der Waals surface area contributed by atoms with Crippen molar-refractivity contribution in [1.82, 2.24) is 4.98 Å². The van der Waals surface area contributed by atoms with Gasteiger partial charge in [-0.1, -0.05) is 42.5 Å². The van der Waals surface area contributed by atoms with Gasteiger partial charge in [-0.3, -0.25) is 0 Å². The van der Waals surface area contributed by atoms with Crippen LogP contribution >= 0.6 is 11.3 Å². The molecule has 0 amide bonds. The van der Waals surface area contributed by atoms with E-state index in [0.29, 0.717) is 11.6 Å². The molecule has 0 aliphatic carbocycles. The summed E-state index contributed by atoms with van der Waals surface area (Å²) in [6, 6.07) is 18.0. The molecule has 5 heteroatoms. The molecular weight excluding hydrogens is 298 g/mol. The van der Waals surface area contributed by atoms with Crippen LogP contribution in [0.25, 0.3) is 11.1 Å². The topological polar surface area (TPSA) is 62.6 Å². The van der Waals surface area contributed by atoms with E-state index in [1.165, 1.54) is 11.3 Å². The van der Waals surface area contributed by atoms with Gasteiger partial charge in [0.15, 0.2) is 6.29 Å². The predicted octanol–water partition coefficient (Wildman–Crippen LogP) is 3.37. The zero-order chi connectivity index (χ0) is 15.4. The van der Waals surface area contributed by atoms with E-state index >= 15 is 0 Å². The molecule has 0 radical (unpaired) electrons. The maximum Gasteiger partial charge on any atom is 0.196 e. The lowest BCUT2D eigenvalue weighted by atomic mass is 10.1. The zero-order valence-corrected chi connectivity index (χ0v) is 12.5. The van der Waals surface area contributed by atoms with Gasteiger partial charge in [0.2, 0.25) is 0 Å². The van der Waals surface area contributed by atoms with E-state index in [2.05, 4.69) is 17.1 Å². The molecular formula is C17H15NO3S. The Morgan fingerprint density at radius 3 is 2.27 bits per heavy atom. The van der Waals surface area contributed by atoms with Gasteiger partial charge in [-0.15, -0.1) is 11.3 Å². The van der Waals surface area contributed by atoms with Crippen LogP contribution in [0.2, 0.25) is 0 Å². The lowest BCUT2D eigenvalue weighted by Crippen LogP contribution is -1.98. The number of aromatic nitrogens is 1. The fourth-order valence-electron chi connectivity index (χ4n) is 2.03. The van der Waals surface area contributed by atoms with Gasteiger partial charge in [0.25, 0.3) is 0 Å². The summed E-state index contributed by atoms with van der Waals surface area (Å²) < 4.78 is 5.66. The summed E-state index contributed by atoms with van der Waals surface area (Å²) in [5, 5.41) is 20.4. The van der Waals surface area contributed by atoms with Crippen molar-refractivity contribution in [3.05, 3.63) is 70.7 Å². The van der Waals surface area contributed by atoms with Crippen molar-refractivity contribution in [2.75, 3.05) is 0 Å². The van der Waals surface area contributed by atoms with Crippen molar-refractivity contribution in [3.8, 4) is 16.9 Å². The first-order valence-electron chi connectivity index (χ1n) is 6.81. The normalized spacial score (nSPS) is 10.9. The molecule has 3 rings (SSSR count). The second kappa shape index (κ2) is 6.70. The van der Waals surface area contributed by atoms with Gasteiger partial charge >= 0.3 is 0 Å². The molecule has 22 heavy (non-hydrogen) atoms. The quantitative estimate of drug-likeness (QED) is 0.709. The van der Waals surface area contributed by atoms with Crippen LogP contribution in [0, 0.1) is 0 Å². The van der Waals surface area contributed by atoms with Crippen LogP contribution in [-0.4, -0.2) is 15.2 Å². The Morgan fingerprint density at radius 1 is 0.955 bits per heavy atom. The smallest absolute Gasteiger partial charge is 0.196 e. The summed E-state index contributed by atoms with van der Waals surface area (Å²) in [6.07, 6.45) is -1.53. The van der Waals surface area contributed by atoms with Gasteiger partial charge in [0.1, 0.15) is 23.1 Å².